The molecule has 1 aliphatic heterocycles. The van der Waals surface area contributed by atoms with Crippen molar-refractivity contribution in [2.45, 2.75) is 307 Å². The summed E-state index contributed by atoms with van der Waals surface area (Å²) in [6.07, 6.45) is 53.8. The fourth-order valence-electron chi connectivity index (χ4n) is 9.03. The van der Waals surface area contributed by atoms with Gasteiger partial charge in [-0.1, -0.05) is 242 Å². The van der Waals surface area contributed by atoms with Crippen LogP contribution in [0.15, 0.2) is 48.6 Å². The Labute approximate surface area is 423 Å². The predicted octanol–water partition coefficient (Wildman–Crippen LogP) is 13.1. The molecule has 0 aromatic carbocycles. The molecule has 404 valence electrons. The Kier molecular flexibility index (Phi) is 45.7. The smallest absolute Gasteiger partial charge is 0.249 e. The molecular formula is C59H109NO9. The Morgan fingerprint density at radius 2 is 0.899 bits per heavy atom. The maximum absolute atomic E-state index is 13.1. The number of unbranched alkanes of at least 4 members (excludes halogenated alkanes) is 32. The van der Waals surface area contributed by atoms with Crippen LogP contribution in [0.5, 0.6) is 0 Å². The summed E-state index contributed by atoms with van der Waals surface area (Å²) in [7, 11) is 0. The topological polar surface area (TPSA) is 169 Å². The molecule has 0 radical (unpaired) electrons. The molecular weight excluding hydrogens is 867 g/mol. The van der Waals surface area contributed by atoms with Gasteiger partial charge in [0.25, 0.3) is 0 Å². The van der Waals surface area contributed by atoms with Gasteiger partial charge in [-0.05, 0) is 64.2 Å². The molecule has 0 aliphatic carbocycles. The fraction of sp³-hybridized carbons (Fsp3) is 0.847. The van der Waals surface area contributed by atoms with Crippen LogP contribution in [-0.4, -0.2) is 98.7 Å². The monoisotopic (exact) mass is 976 g/mol. The van der Waals surface area contributed by atoms with Crippen LogP contribution in [0, 0.1) is 0 Å². The normalized spacial score (nSPS) is 20.3. The Hall–Kier alpha value is -1.89. The highest BCUT2D eigenvalue weighted by Gasteiger charge is 2.44. The van der Waals surface area contributed by atoms with Crippen molar-refractivity contribution in [1.29, 1.82) is 0 Å². The van der Waals surface area contributed by atoms with E-state index in [1.54, 1.807) is 6.08 Å². The average Bonchev–Trinajstić information content (AvgIpc) is 3.35. The third-order valence-electron chi connectivity index (χ3n) is 13.7. The molecule has 0 saturated carbocycles. The Morgan fingerprint density at radius 1 is 0.507 bits per heavy atom. The van der Waals surface area contributed by atoms with Gasteiger partial charge in [0.15, 0.2) is 6.29 Å². The van der Waals surface area contributed by atoms with E-state index < -0.39 is 61.5 Å². The van der Waals surface area contributed by atoms with E-state index in [0.717, 1.165) is 38.5 Å². The first-order valence-corrected chi connectivity index (χ1v) is 29.0. The summed E-state index contributed by atoms with van der Waals surface area (Å²) in [5.41, 5.74) is 0. The summed E-state index contributed by atoms with van der Waals surface area (Å²) in [5, 5.41) is 64.8. The van der Waals surface area contributed by atoms with Crippen molar-refractivity contribution in [2.75, 3.05) is 13.2 Å². The molecule has 1 fully saturated rings. The lowest BCUT2D eigenvalue weighted by atomic mass is 9.99. The van der Waals surface area contributed by atoms with Crippen LogP contribution in [0.4, 0.5) is 0 Å². The lowest BCUT2D eigenvalue weighted by molar-refractivity contribution is -0.302. The van der Waals surface area contributed by atoms with Gasteiger partial charge in [0.1, 0.15) is 30.5 Å². The second kappa shape index (κ2) is 48.4. The largest absolute Gasteiger partial charge is 0.394 e. The van der Waals surface area contributed by atoms with Crippen molar-refractivity contribution in [3.05, 3.63) is 48.6 Å². The van der Waals surface area contributed by atoms with Crippen molar-refractivity contribution in [1.82, 2.24) is 5.32 Å². The molecule has 10 nitrogen and oxygen atoms in total. The second-order valence-electron chi connectivity index (χ2n) is 20.2. The van der Waals surface area contributed by atoms with E-state index in [-0.39, 0.29) is 6.61 Å². The van der Waals surface area contributed by atoms with Gasteiger partial charge in [-0.25, -0.2) is 0 Å². The molecule has 1 saturated heterocycles. The highest BCUT2D eigenvalue weighted by Crippen LogP contribution is 2.23. The van der Waals surface area contributed by atoms with Gasteiger partial charge in [-0.15, -0.1) is 0 Å². The van der Waals surface area contributed by atoms with E-state index in [4.69, 9.17) is 9.47 Å². The molecule has 0 aromatic heterocycles. The standard InChI is InChI=1S/C59H109NO9/c1-3-5-7-9-11-13-15-17-18-19-20-21-22-23-24-25-26-27-28-29-30-31-32-33-34-35-36-38-40-42-44-46-48-53(63)58(67)60-51(50-68-59-57(66)56(65)55(64)54(49-61)69-59)52(62)47-45-43-41-39-37-16-14-12-10-8-6-4-2/h20-21,23-24,37,39,45,47,51-57,59,61-66H,3-19,22,25-36,38,40-44,46,48-50H2,1-2H3,(H,60,67)/b21-20-,24-23-,39-37+,47-45+. The van der Waals surface area contributed by atoms with Crippen molar-refractivity contribution in [3.63, 3.8) is 0 Å². The number of aliphatic hydroxyl groups is 6. The lowest BCUT2D eigenvalue weighted by Crippen LogP contribution is -2.60. The maximum Gasteiger partial charge on any atom is 0.249 e. The van der Waals surface area contributed by atoms with Gasteiger partial charge in [0, 0.05) is 0 Å². The summed E-state index contributed by atoms with van der Waals surface area (Å²) in [4.78, 5) is 13.1. The Morgan fingerprint density at radius 3 is 1.35 bits per heavy atom. The predicted molar refractivity (Wildman–Crippen MR) is 287 cm³/mol. The molecule has 7 N–H and O–H groups in total. The van der Waals surface area contributed by atoms with Crippen LogP contribution in [0.3, 0.4) is 0 Å². The van der Waals surface area contributed by atoms with Crippen LogP contribution in [0.25, 0.3) is 0 Å². The number of hydrogen-bond donors (Lipinski definition) is 7. The molecule has 1 aliphatic rings. The molecule has 1 amide bonds. The molecule has 0 spiro atoms. The minimum absolute atomic E-state index is 0.304. The first-order chi connectivity index (χ1) is 33.8. The summed E-state index contributed by atoms with van der Waals surface area (Å²) < 4.78 is 11.1. The number of ether oxygens (including phenoxy) is 2. The Balaban J connectivity index is 2.16. The number of allylic oxidation sites excluding steroid dienone is 7. The SMILES string of the molecule is CCCCCCCC/C=C/CC/C=C/C(O)C(COC1OC(CO)C(O)C(O)C1O)NC(=O)C(O)CCCCCCCCCCCCCCCCCC/C=C\C/C=C\CCCCCCCCCCC. The van der Waals surface area contributed by atoms with Crippen LogP contribution in [0.2, 0.25) is 0 Å². The minimum Gasteiger partial charge on any atom is -0.394 e. The average molecular weight is 977 g/mol. The first kappa shape index (κ1) is 65.1. The molecule has 1 rings (SSSR count). The van der Waals surface area contributed by atoms with Gasteiger partial charge in [0.05, 0.1) is 25.4 Å². The number of hydrogen-bond acceptors (Lipinski definition) is 9. The lowest BCUT2D eigenvalue weighted by Gasteiger charge is -2.40. The molecule has 0 aromatic rings. The third kappa shape index (κ3) is 37.5. The van der Waals surface area contributed by atoms with Gasteiger partial charge >= 0.3 is 0 Å². The van der Waals surface area contributed by atoms with Crippen molar-refractivity contribution >= 4 is 5.91 Å². The summed E-state index contributed by atoms with van der Waals surface area (Å²) in [6.45, 7) is 3.59. The number of carbonyl (C=O) groups excluding carboxylic acids is 1. The quantitative estimate of drug-likeness (QED) is 0.0232. The van der Waals surface area contributed by atoms with E-state index in [0.29, 0.717) is 19.3 Å². The summed E-state index contributed by atoms with van der Waals surface area (Å²) in [6, 6.07) is -0.997. The number of rotatable bonds is 49. The number of carbonyl (C=O) groups is 1. The maximum atomic E-state index is 13.1. The molecule has 1 heterocycles. The molecule has 10 heteroatoms. The highest BCUT2D eigenvalue weighted by atomic mass is 16.7. The number of nitrogens with one attached hydrogen (secondary N) is 1. The van der Waals surface area contributed by atoms with Crippen LogP contribution in [-0.2, 0) is 14.3 Å². The van der Waals surface area contributed by atoms with Gasteiger partial charge < -0.3 is 45.4 Å². The molecule has 69 heavy (non-hydrogen) atoms. The van der Waals surface area contributed by atoms with E-state index in [2.05, 4.69) is 55.6 Å². The zero-order valence-corrected chi connectivity index (χ0v) is 44.4. The van der Waals surface area contributed by atoms with Gasteiger partial charge in [-0.3, -0.25) is 4.79 Å². The van der Waals surface area contributed by atoms with E-state index in [1.165, 1.54) is 186 Å². The van der Waals surface area contributed by atoms with Crippen molar-refractivity contribution in [2.24, 2.45) is 0 Å². The zero-order chi connectivity index (χ0) is 50.3. The van der Waals surface area contributed by atoms with Crippen molar-refractivity contribution < 1.29 is 44.9 Å². The molecule has 0 bridgehead atoms. The zero-order valence-electron chi connectivity index (χ0n) is 44.4. The number of amides is 1. The minimum atomic E-state index is -1.62. The van der Waals surface area contributed by atoms with Crippen LogP contribution >= 0.6 is 0 Å². The van der Waals surface area contributed by atoms with E-state index in [1.807, 2.05) is 6.08 Å². The van der Waals surface area contributed by atoms with Crippen LogP contribution < -0.4 is 5.32 Å². The Bertz CT molecular complexity index is 1240. The summed E-state index contributed by atoms with van der Waals surface area (Å²) >= 11 is 0. The van der Waals surface area contributed by atoms with E-state index >= 15 is 0 Å². The van der Waals surface area contributed by atoms with Crippen molar-refractivity contribution in [3.8, 4) is 0 Å². The third-order valence-corrected chi connectivity index (χ3v) is 13.7. The molecule has 8 unspecified atom stereocenters. The van der Waals surface area contributed by atoms with E-state index in [9.17, 15) is 35.4 Å². The van der Waals surface area contributed by atoms with Gasteiger partial charge in [-0.2, -0.15) is 0 Å². The highest BCUT2D eigenvalue weighted by molar-refractivity contribution is 5.80. The van der Waals surface area contributed by atoms with Gasteiger partial charge in [0.2, 0.25) is 5.91 Å². The fourth-order valence-corrected chi connectivity index (χ4v) is 9.03. The molecule has 8 atom stereocenters. The summed E-state index contributed by atoms with van der Waals surface area (Å²) in [5.74, 6) is -0.626. The van der Waals surface area contributed by atoms with Crippen LogP contribution in [0.1, 0.15) is 258 Å². The number of aliphatic hydroxyl groups excluding tert-OH is 6. The first-order valence-electron chi connectivity index (χ1n) is 29.0. The second-order valence-corrected chi connectivity index (χ2v) is 20.2.